The number of hydrogen-bond acceptors (Lipinski definition) is 4. The quantitative estimate of drug-likeness (QED) is 0.796. The molecule has 0 aliphatic carbocycles. The van der Waals surface area contributed by atoms with Crippen LogP contribution < -0.4 is 0 Å². The number of pyridine rings is 1. The smallest absolute Gasteiger partial charge is 0.255 e. The van der Waals surface area contributed by atoms with Crippen molar-refractivity contribution in [2.45, 2.75) is 19.8 Å². The number of amides is 2. The predicted molar refractivity (Wildman–Crippen MR) is 102 cm³/mol. The predicted octanol–water partition coefficient (Wildman–Crippen LogP) is 2.39. The lowest BCUT2D eigenvalue weighted by Crippen LogP contribution is -2.49. The van der Waals surface area contributed by atoms with E-state index >= 15 is 0 Å². The Kier molecular flexibility index (Phi) is 5.26. The van der Waals surface area contributed by atoms with Crippen LogP contribution in [0, 0.1) is 18.7 Å². The molecule has 2 saturated heterocycles. The van der Waals surface area contributed by atoms with Crippen molar-refractivity contribution < 1.29 is 18.7 Å². The highest BCUT2D eigenvalue weighted by molar-refractivity contribution is 5.99. The molecule has 1 unspecified atom stereocenters. The molecule has 7 heteroatoms. The Labute approximate surface area is 163 Å². The number of fused-ring (bicyclic) bond motifs is 1. The van der Waals surface area contributed by atoms with E-state index in [1.807, 2.05) is 4.90 Å². The SMILES string of the molecule is Cc1nc2cc(F)ccc2cc1C(=O)N1CCCC(C(=O)N2CCOCC2)C1. The Balaban J connectivity index is 1.52. The Morgan fingerprint density at radius 3 is 2.71 bits per heavy atom. The first kappa shape index (κ1) is 18.8. The van der Waals surface area contributed by atoms with Gasteiger partial charge in [0.15, 0.2) is 0 Å². The van der Waals surface area contributed by atoms with Crippen LogP contribution in [-0.4, -0.2) is 66.0 Å². The van der Waals surface area contributed by atoms with Crippen LogP contribution in [0.2, 0.25) is 0 Å². The average Bonchev–Trinajstić information content (AvgIpc) is 2.73. The fraction of sp³-hybridized carbons (Fsp3) is 0.476. The average molecular weight is 385 g/mol. The van der Waals surface area contributed by atoms with E-state index in [0.29, 0.717) is 56.2 Å². The number of morpholine rings is 1. The van der Waals surface area contributed by atoms with Crippen molar-refractivity contribution >= 4 is 22.7 Å². The zero-order chi connectivity index (χ0) is 19.7. The number of rotatable bonds is 2. The molecule has 6 nitrogen and oxygen atoms in total. The highest BCUT2D eigenvalue weighted by Crippen LogP contribution is 2.24. The summed E-state index contributed by atoms with van der Waals surface area (Å²) in [6.45, 7) is 5.20. The lowest BCUT2D eigenvalue weighted by Gasteiger charge is -2.36. The first-order chi connectivity index (χ1) is 13.5. The Morgan fingerprint density at radius 1 is 1.14 bits per heavy atom. The molecule has 28 heavy (non-hydrogen) atoms. The summed E-state index contributed by atoms with van der Waals surface area (Å²) in [4.78, 5) is 34.0. The second-order valence-corrected chi connectivity index (χ2v) is 7.49. The number of likely N-dealkylation sites (tertiary alicyclic amines) is 1. The molecular formula is C21H24FN3O3. The maximum absolute atomic E-state index is 13.4. The largest absolute Gasteiger partial charge is 0.378 e. The summed E-state index contributed by atoms with van der Waals surface area (Å²) in [5, 5.41) is 0.730. The number of hydrogen-bond donors (Lipinski definition) is 0. The van der Waals surface area contributed by atoms with E-state index < -0.39 is 0 Å². The summed E-state index contributed by atoms with van der Waals surface area (Å²) in [6.07, 6.45) is 1.60. The lowest BCUT2D eigenvalue weighted by molar-refractivity contribution is -0.141. The van der Waals surface area contributed by atoms with E-state index in [1.54, 1.807) is 24.0 Å². The maximum atomic E-state index is 13.4. The first-order valence-corrected chi connectivity index (χ1v) is 9.75. The molecule has 148 valence electrons. The van der Waals surface area contributed by atoms with Crippen molar-refractivity contribution in [3.8, 4) is 0 Å². The summed E-state index contributed by atoms with van der Waals surface area (Å²) in [5.74, 6) is -0.516. The van der Waals surface area contributed by atoms with Gasteiger partial charge in [0, 0.05) is 37.6 Å². The van der Waals surface area contributed by atoms with Crippen LogP contribution >= 0.6 is 0 Å². The number of aryl methyl sites for hydroxylation is 1. The van der Waals surface area contributed by atoms with Gasteiger partial charge in [-0.1, -0.05) is 0 Å². The van der Waals surface area contributed by atoms with Crippen LogP contribution in [0.1, 0.15) is 28.9 Å². The van der Waals surface area contributed by atoms with Gasteiger partial charge in [0.1, 0.15) is 5.82 Å². The Morgan fingerprint density at radius 2 is 1.93 bits per heavy atom. The highest BCUT2D eigenvalue weighted by atomic mass is 19.1. The third-order valence-corrected chi connectivity index (χ3v) is 5.58. The van der Waals surface area contributed by atoms with Crippen molar-refractivity contribution in [3.63, 3.8) is 0 Å². The normalized spacial score (nSPS) is 20.4. The van der Waals surface area contributed by atoms with Gasteiger partial charge in [-0.2, -0.15) is 0 Å². The molecule has 3 heterocycles. The molecule has 2 aliphatic heterocycles. The topological polar surface area (TPSA) is 62.7 Å². The number of benzene rings is 1. The molecule has 2 fully saturated rings. The molecule has 1 aromatic carbocycles. The van der Waals surface area contributed by atoms with Crippen LogP contribution in [-0.2, 0) is 9.53 Å². The molecular weight excluding hydrogens is 361 g/mol. The van der Waals surface area contributed by atoms with Gasteiger partial charge in [-0.25, -0.2) is 4.39 Å². The van der Waals surface area contributed by atoms with Crippen LogP contribution in [0.5, 0.6) is 0 Å². The van der Waals surface area contributed by atoms with E-state index in [0.717, 1.165) is 18.2 Å². The number of piperidine rings is 1. The fourth-order valence-corrected chi connectivity index (χ4v) is 4.03. The van der Waals surface area contributed by atoms with Gasteiger partial charge >= 0.3 is 0 Å². The molecule has 0 N–H and O–H groups in total. The third kappa shape index (κ3) is 3.71. The van der Waals surface area contributed by atoms with Gasteiger partial charge in [-0.15, -0.1) is 0 Å². The summed E-state index contributed by atoms with van der Waals surface area (Å²) in [6, 6.07) is 6.14. The fourth-order valence-electron chi connectivity index (χ4n) is 4.03. The molecule has 1 aromatic heterocycles. The van der Waals surface area contributed by atoms with Crippen molar-refractivity contribution in [1.82, 2.24) is 14.8 Å². The number of carbonyl (C=O) groups excluding carboxylic acids is 2. The maximum Gasteiger partial charge on any atom is 0.255 e. The molecule has 2 aromatic rings. The zero-order valence-corrected chi connectivity index (χ0v) is 16.0. The van der Waals surface area contributed by atoms with Crippen LogP contribution in [0.3, 0.4) is 0 Å². The number of ether oxygens (including phenoxy) is 1. The van der Waals surface area contributed by atoms with Gasteiger partial charge in [-0.05, 0) is 38.0 Å². The number of aromatic nitrogens is 1. The van der Waals surface area contributed by atoms with Gasteiger partial charge in [0.2, 0.25) is 5.91 Å². The molecule has 0 radical (unpaired) electrons. The molecule has 0 saturated carbocycles. The van der Waals surface area contributed by atoms with Gasteiger partial charge in [0.25, 0.3) is 5.91 Å². The Bertz CT molecular complexity index is 911. The highest BCUT2D eigenvalue weighted by Gasteiger charge is 2.32. The number of halogens is 1. The van der Waals surface area contributed by atoms with E-state index in [4.69, 9.17) is 4.74 Å². The summed E-state index contributed by atoms with van der Waals surface area (Å²) in [7, 11) is 0. The molecule has 1 atom stereocenters. The minimum Gasteiger partial charge on any atom is -0.378 e. The molecule has 2 aliphatic rings. The standard InChI is InChI=1S/C21H24FN3O3/c1-14-18(11-15-4-5-17(22)12-19(15)23-14)21(27)25-6-2-3-16(13-25)20(26)24-7-9-28-10-8-24/h4-5,11-12,16H,2-3,6-10,13H2,1H3. The summed E-state index contributed by atoms with van der Waals surface area (Å²) in [5.41, 5.74) is 1.62. The van der Waals surface area contributed by atoms with Crippen molar-refractivity contribution in [1.29, 1.82) is 0 Å². The number of nitrogens with zero attached hydrogens (tertiary/aromatic N) is 3. The van der Waals surface area contributed by atoms with E-state index in [9.17, 15) is 14.0 Å². The van der Waals surface area contributed by atoms with E-state index in [-0.39, 0.29) is 23.5 Å². The van der Waals surface area contributed by atoms with Crippen LogP contribution in [0.25, 0.3) is 10.9 Å². The van der Waals surface area contributed by atoms with Crippen molar-refractivity contribution in [2.24, 2.45) is 5.92 Å². The molecule has 4 rings (SSSR count). The van der Waals surface area contributed by atoms with E-state index in [1.165, 1.54) is 12.1 Å². The molecule has 0 bridgehead atoms. The zero-order valence-electron chi connectivity index (χ0n) is 16.0. The summed E-state index contributed by atoms with van der Waals surface area (Å²) >= 11 is 0. The second kappa shape index (κ2) is 7.83. The lowest BCUT2D eigenvalue weighted by atomic mass is 9.95. The molecule has 0 spiro atoms. The minimum atomic E-state index is -0.348. The van der Waals surface area contributed by atoms with Gasteiger partial charge in [-0.3, -0.25) is 14.6 Å². The Hall–Kier alpha value is -2.54. The monoisotopic (exact) mass is 385 g/mol. The van der Waals surface area contributed by atoms with Crippen molar-refractivity contribution in [2.75, 3.05) is 39.4 Å². The summed E-state index contributed by atoms with van der Waals surface area (Å²) < 4.78 is 18.8. The van der Waals surface area contributed by atoms with Crippen LogP contribution in [0.15, 0.2) is 24.3 Å². The molecule has 2 amide bonds. The number of carbonyl (C=O) groups is 2. The van der Waals surface area contributed by atoms with Gasteiger partial charge < -0.3 is 14.5 Å². The van der Waals surface area contributed by atoms with E-state index in [2.05, 4.69) is 4.98 Å². The van der Waals surface area contributed by atoms with Gasteiger partial charge in [0.05, 0.1) is 35.9 Å². The van der Waals surface area contributed by atoms with Crippen molar-refractivity contribution in [3.05, 3.63) is 41.3 Å². The van der Waals surface area contributed by atoms with Crippen LogP contribution in [0.4, 0.5) is 4.39 Å². The minimum absolute atomic E-state index is 0.115. The second-order valence-electron chi connectivity index (χ2n) is 7.49. The first-order valence-electron chi connectivity index (χ1n) is 9.75. The third-order valence-electron chi connectivity index (χ3n) is 5.58.